The zero-order valence-corrected chi connectivity index (χ0v) is 21.1. The van der Waals surface area contributed by atoms with E-state index in [9.17, 15) is 28.2 Å². The van der Waals surface area contributed by atoms with Crippen molar-refractivity contribution in [2.24, 2.45) is 13.0 Å². The number of benzene rings is 2. The molecule has 1 saturated heterocycles. The average Bonchev–Trinajstić information content (AvgIpc) is 3.26. The van der Waals surface area contributed by atoms with Gasteiger partial charge in [-0.15, -0.1) is 5.10 Å². The first-order valence-electron chi connectivity index (χ1n) is 11.7. The second kappa shape index (κ2) is 9.25. The monoisotopic (exact) mass is 545 g/mol. The minimum atomic E-state index is -4.42. The minimum absolute atomic E-state index is 0.119. The molecule has 1 aliphatic rings. The maximum Gasteiger partial charge on any atom is 0.416 e. The van der Waals surface area contributed by atoms with E-state index in [2.05, 4.69) is 15.3 Å². The molecular formula is C26H23ClF3N5O3. The SMILES string of the molecule is Cc1nc2ccc(C(O)(c3cnnn3C)C3CN(C(=O)O)C3)cc2c(Cl)c1Cc1ccc(C(F)(F)F)cc1. The Morgan fingerprint density at radius 3 is 2.37 bits per heavy atom. The van der Waals surface area contributed by atoms with Gasteiger partial charge in [0.1, 0.15) is 5.60 Å². The van der Waals surface area contributed by atoms with E-state index in [1.807, 2.05) is 0 Å². The molecule has 0 radical (unpaired) electrons. The highest BCUT2D eigenvalue weighted by molar-refractivity contribution is 6.36. The van der Waals surface area contributed by atoms with Crippen LogP contribution in [0.15, 0.2) is 48.7 Å². The lowest BCUT2D eigenvalue weighted by Gasteiger charge is -2.46. The van der Waals surface area contributed by atoms with Crippen molar-refractivity contribution >= 4 is 28.6 Å². The van der Waals surface area contributed by atoms with Crippen molar-refractivity contribution in [3.63, 3.8) is 0 Å². The van der Waals surface area contributed by atoms with Crippen LogP contribution in [0, 0.1) is 12.8 Å². The van der Waals surface area contributed by atoms with E-state index < -0.39 is 29.4 Å². The maximum atomic E-state index is 13.0. The second-order valence-electron chi connectivity index (χ2n) is 9.49. The fourth-order valence-electron chi connectivity index (χ4n) is 4.96. The number of rotatable bonds is 5. The molecule has 1 atom stereocenters. The molecule has 0 bridgehead atoms. The van der Waals surface area contributed by atoms with Crippen LogP contribution in [0.4, 0.5) is 18.0 Å². The molecule has 38 heavy (non-hydrogen) atoms. The van der Waals surface area contributed by atoms with Crippen LogP contribution in [0.3, 0.4) is 0 Å². The van der Waals surface area contributed by atoms with Gasteiger partial charge in [-0.1, -0.05) is 35.0 Å². The first-order chi connectivity index (χ1) is 17.9. The lowest BCUT2D eigenvalue weighted by molar-refractivity contribution is -0.137. The van der Waals surface area contributed by atoms with Crippen LogP contribution >= 0.6 is 11.6 Å². The van der Waals surface area contributed by atoms with E-state index in [-0.39, 0.29) is 19.5 Å². The number of carbonyl (C=O) groups is 1. The summed E-state index contributed by atoms with van der Waals surface area (Å²) in [5.74, 6) is -0.461. The van der Waals surface area contributed by atoms with Gasteiger partial charge in [0.15, 0.2) is 0 Å². The van der Waals surface area contributed by atoms with Crippen LogP contribution in [0.1, 0.15) is 33.6 Å². The number of halogens is 4. The number of hydrogen-bond acceptors (Lipinski definition) is 5. The number of amides is 1. The van der Waals surface area contributed by atoms with Crippen molar-refractivity contribution in [1.29, 1.82) is 0 Å². The van der Waals surface area contributed by atoms with Crippen molar-refractivity contribution in [3.05, 3.63) is 87.3 Å². The number of hydrogen-bond donors (Lipinski definition) is 2. The summed E-state index contributed by atoms with van der Waals surface area (Å²) in [4.78, 5) is 17.2. The fraction of sp³-hybridized carbons (Fsp3) is 0.308. The molecule has 1 amide bonds. The molecule has 0 saturated carbocycles. The Kier molecular flexibility index (Phi) is 6.31. The number of nitrogens with zero attached hydrogens (tertiary/aromatic N) is 5. The van der Waals surface area contributed by atoms with Crippen molar-refractivity contribution in [2.45, 2.75) is 25.1 Å². The molecule has 1 fully saturated rings. The summed E-state index contributed by atoms with van der Waals surface area (Å²) >= 11 is 6.85. The van der Waals surface area contributed by atoms with E-state index in [0.29, 0.717) is 44.0 Å². The van der Waals surface area contributed by atoms with Crippen LogP contribution in [0.5, 0.6) is 0 Å². The van der Waals surface area contributed by atoms with E-state index >= 15 is 0 Å². The molecule has 8 nitrogen and oxygen atoms in total. The van der Waals surface area contributed by atoms with Gasteiger partial charge in [0.05, 0.1) is 28.0 Å². The molecule has 2 aromatic carbocycles. The lowest BCUT2D eigenvalue weighted by Crippen LogP contribution is -2.58. The van der Waals surface area contributed by atoms with E-state index in [1.54, 1.807) is 32.2 Å². The third-order valence-electron chi connectivity index (χ3n) is 7.17. The molecule has 0 aliphatic carbocycles. The van der Waals surface area contributed by atoms with Crippen LogP contribution in [0.2, 0.25) is 5.02 Å². The Morgan fingerprint density at radius 1 is 1.13 bits per heavy atom. The number of fused-ring (bicyclic) bond motifs is 1. The molecule has 5 rings (SSSR count). The van der Waals surface area contributed by atoms with Gasteiger partial charge in [-0.05, 0) is 47.9 Å². The van der Waals surface area contributed by atoms with Gasteiger partial charge in [-0.3, -0.25) is 4.98 Å². The van der Waals surface area contributed by atoms with Gasteiger partial charge in [-0.25, -0.2) is 9.48 Å². The standard InChI is InChI=1S/C26H23ClF3N5O3/c1-14-19(9-15-3-5-16(6-4-15)26(28,29)30)23(27)20-10-17(7-8-21(20)32-14)25(38,22-11-31-33-34(22)2)18-12-35(13-18)24(36)37/h3-8,10-11,18,38H,9,12-13H2,1-2H3,(H,36,37). The summed E-state index contributed by atoms with van der Waals surface area (Å²) in [7, 11) is 1.64. The zero-order valence-electron chi connectivity index (χ0n) is 20.4. The van der Waals surface area contributed by atoms with Crippen LogP contribution in [-0.2, 0) is 25.2 Å². The second-order valence-corrected chi connectivity index (χ2v) is 9.86. The van der Waals surface area contributed by atoms with Gasteiger partial charge in [0.25, 0.3) is 0 Å². The number of aromatic nitrogens is 4. The van der Waals surface area contributed by atoms with Crippen molar-refractivity contribution < 1.29 is 28.2 Å². The highest BCUT2D eigenvalue weighted by atomic mass is 35.5. The molecule has 0 spiro atoms. The number of pyridine rings is 1. The predicted octanol–water partition coefficient (Wildman–Crippen LogP) is 4.78. The molecule has 2 N–H and O–H groups in total. The fourth-order valence-corrected chi connectivity index (χ4v) is 5.32. The Labute approximate surface area is 220 Å². The number of alkyl halides is 3. The average molecular weight is 546 g/mol. The first-order valence-corrected chi connectivity index (χ1v) is 12.1. The number of aryl methyl sites for hydroxylation is 2. The summed E-state index contributed by atoms with van der Waals surface area (Å²) < 4.78 is 40.3. The van der Waals surface area contributed by atoms with E-state index in [4.69, 9.17) is 11.6 Å². The first kappa shape index (κ1) is 25.9. The van der Waals surface area contributed by atoms with Crippen molar-refractivity contribution in [1.82, 2.24) is 24.9 Å². The van der Waals surface area contributed by atoms with Gasteiger partial charge < -0.3 is 15.1 Å². The molecular weight excluding hydrogens is 523 g/mol. The third kappa shape index (κ3) is 4.35. The molecule has 2 aromatic heterocycles. The minimum Gasteiger partial charge on any atom is -0.465 e. The summed E-state index contributed by atoms with van der Waals surface area (Å²) in [6, 6.07) is 10.1. The zero-order chi connectivity index (χ0) is 27.4. The molecule has 198 valence electrons. The van der Waals surface area contributed by atoms with E-state index in [1.165, 1.54) is 27.9 Å². The molecule has 1 aliphatic heterocycles. The Hall–Kier alpha value is -3.70. The Morgan fingerprint density at radius 2 is 1.79 bits per heavy atom. The van der Waals surface area contributed by atoms with Crippen molar-refractivity contribution in [3.8, 4) is 0 Å². The van der Waals surface area contributed by atoms with E-state index in [0.717, 1.165) is 12.1 Å². The summed E-state index contributed by atoms with van der Waals surface area (Å²) in [5, 5.41) is 30.2. The molecule has 4 aromatic rings. The normalized spacial score (nSPS) is 15.9. The van der Waals surface area contributed by atoms with Gasteiger partial charge in [0, 0.05) is 43.6 Å². The van der Waals surface area contributed by atoms with Crippen LogP contribution in [0.25, 0.3) is 10.9 Å². The van der Waals surface area contributed by atoms with Gasteiger partial charge in [0.2, 0.25) is 0 Å². The summed E-state index contributed by atoms with van der Waals surface area (Å²) in [6.07, 6.45) is -3.78. The quantitative estimate of drug-likeness (QED) is 0.374. The van der Waals surface area contributed by atoms with Crippen LogP contribution < -0.4 is 0 Å². The molecule has 3 heterocycles. The maximum absolute atomic E-state index is 13.0. The summed E-state index contributed by atoms with van der Waals surface area (Å²) in [6.45, 7) is 2.02. The Bertz CT molecular complexity index is 1530. The number of aliphatic hydroxyl groups is 1. The smallest absolute Gasteiger partial charge is 0.416 e. The number of likely N-dealkylation sites (tertiary alicyclic amines) is 1. The van der Waals surface area contributed by atoms with Crippen molar-refractivity contribution in [2.75, 3.05) is 13.1 Å². The molecule has 1 unspecified atom stereocenters. The number of carboxylic acid groups (broad SMARTS) is 1. The highest BCUT2D eigenvalue weighted by Crippen LogP contribution is 2.43. The topological polar surface area (TPSA) is 104 Å². The summed E-state index contributed by atoms with van der Waals surface area (Å²) in [5.41, 5.74) is 1.04. The lowest BCUT2D eigenvalue weighted by atomic mass is 9.74. The van der Waals surface area contributed by atoms with Gasteiger partial charge in [-0.2, -0.15) is 13.2 Å². The Balaban J connectivity index is 1.57. The largest absolute Gasteiger partial charge is 0.465 e. The van der Waals surface area contributed by atoms with Crippen LogP contribution in [-0.4, -0.2) is 54.3 Å². The molecule has 12 heteroatoms. The third-order valence-corrected chi connectivity index (χ3v) is 7.60. The van der Waals surface area contributed by atoms with Gasteiger partial charge >= 0.3 is 12.3 Å². The highest BCUT2D eigenvalue weighted by Gasteiger charge is 2.50. The predicted molar refractivity (Wildman–Crippen MR) is 133 cm³/mol.